The fourth-order valence-electron chi connectivity index (χ4n) is 2.65. The average Bonchev–Trinajstić information content (AvgIpc) is 2.57. The van der Waals surface area contributed by atoms with Crippen LogP contribution in [0.3, 0.4) is 0 Å². The number of para-hydroxylation sites is 1. The lowest BCUT2D eigenvalue weighted by Crippen LogP contribution is -2.57. The Kier molecular flexibility index (Phi) is 3.93. The van der Waals surface area contributed by atoms with Crippen molar-refractivity contribution in [3.8, 4) is 0 Å². The number of hydrogen-bond donors (Lipinski definition) is 1. The molecule has 0 bridgehead atoms. The number of amides is 2. The van der Waals surface area contributed by atoms with Crippen molar-refractivity contribution in [2.45, 2.75) is 32.2 Å². The molecule has 4 nitrogen and oxygen atoms in total. The molecule has 0 atom stereocenters. The Labute approximate surface area is 119 Å². The Morgan fingerprint density at radius 1 is 1.25 bits per heavy atom. The summed E-state index contributed by atoms with van der Waals surface area (Å²) in [6, 6.07) is 7.19. The largest absolute Gasteiger partial charge is 0.338 e. The molecule has 0 saturated heterocycles. The highest BCUT2D eigenvalue weighted by Gasteiger charge is 2.43. The van der Waals surface area contributed by atoms with Crippen molar-refractivity contribution in [3.63, 3.8) is 0 Å². The van der Waals surface area contributed by atoms with Gasteiger partial charge in [0.25, 0.3) is 11.8 Å². The molecule has 0 unspecified atom stereocenters. The molecule has 1 heterocycles. The van der Waals surface area contributed by atoms with Crippen molar-refractivity contribution in [1.29, 1.82) is 0 Å². The minimum absolute atomic E-state index is 0.0688. The van der Waals surface area contributed by atoms with Gasteiger partial charge in [-0.05, 0) is 25.0 Å². The second-order valence-corrected chi connectivity index (χ2v) is 4.96. The van der Waals surface area contributed by atoms with Crippen LogP contribution in [0.1, 0.15) is 37.0 Å². The van der Waals surface area contributed by atoms with Crippen LogP contribution in [0, 0.1) is 0 Å². The van der Waals surface area contributed by atoms with Crippen molar-refractivity contribution >= 4 is 17.5 Å². The topological polar surface area (TPSA) is 49.4 Å². The molecular formula is C16H20N2O2. The maximum Gasteiger partial charge on any atom is 0.254 e. The van der Waals surface area contributed by atoms with E-state index >= 15 is 0 Å². The van der Waals surface area contributed by atoms with Crippen LogP contribution < -0.4 is 10.2 Å². The van der Waals surface area contributed by atoms with Crippen molar-refractivity contribution in [1.82, 2.24) is 5.32 Å². The van der Waals surface area contributed by atoms with Crippen molar-refractivity contribution in [2.24, 2.45) is 0 Å². The number of nitrogens with zero attached hydrogens (tertiary/aromatic N) is 1. The van der Waals surface area contributed by atoms with Gasteiger partial charge in [0.2, 0.25) is 0 Å². The third-order valence-corrected chi connectivity index (χ3v) is 3.97. The predicted octanol–water partition coefficient (Wildman–Crippen LogP) is 2.51. The Balaban J connectivity index is 2.62. The lowest BCUT2D eigenvalue weighted by atomic mass is 9.91. The number of rotatable bonds is 4. The summed E-state index contributed by atoms with van der Waals surface area (Å²) >= 11 is 0. The van der Waals surface area contributed by atoms with E-state index in [4.69, 9.17) is 0 Å². The van der Waals surface area contributed by atoms with Crippen LogP contribution >= 0.6 is 0 Å². The molecule has 1 aliphatic heterocycles. The number of carbonyl (C=O) groups excluding carboxylic acids is 2. The Morgan fingerprint density at radius 2 is 1.90 bits per heavy atom. The summed E-state index contributed by atoms with van der Waals surface area (Å²) < 4.78 is 0. The molecule has 4 heteroatoms. The molecule has 1 N–H and O–H groups in total. The van der Waals surface area contributed by atoms with Crippen LogP contribution in [-0.4, -0.2) is 23.9 Å². The SMILES string of the molecule is C=CCN1C(=O)C(CC)(CC)NC(=O)c2ccccc21. The zero-order valence-electron chi connectivity index (χ0n) is 12.0. The van der Waals surface area contributed by atoms with Gasteiger partial charge in [0.1, 0.15) is 5.54 Å². The summed E-state index contributed by atoms with van der Waals surface area (Å²) in [7, 11) is 0. The Hall–Kier alpha value is -2.10. The molecule has 0 aromatic heterocycles. The molecule has 0 aliphatic carbocycles. The van der Waals surface area contributed by atoms with Gasteiger partial charge in [0.05, 0.1) is 11.3 Å². The fourth-order valence-corrected chi connectivity index (χ4v) is 2.65. The zero-order valence-corrected chi connectivity index (χ0v) is 12.0. The first-order chi connectivity index (χ1) is 9.59. The summed E-state index contributed by atoms with van der Waals surface area (Å²) in [4.78, 5) is 27.0. The fraction of sp³-hybridized carbons (Fsp3) is 0.375. The Morgan fingerprint density at radius 3 is 2.50 bits per heavy atom. The molecule has 2 rings (SSSR count). The number of benzene rings is 1. The molecule has 0 radical (unpaired) electrons. The number of fused-ring (bicyclic) bond motifs is 1. The molecule has 2 amide bonds. The second-order valence-electron chi connectivity index (χ2n) is 4.96. The number of nitrogens with one attached hydrogen (secondary N) is 1. The summed E-state index contributed by atoms with van der Waals surface area (Å²) in [5, 5.41) is 2.92. The molecule has 1 aromatic rings. The van der Waals surface area contributed by atoms with Crippen LogP contribution in [0.2, 0.25) is 0 Å². The first kappa shape index (κ1) is 14.3. The first-order valence-corrected chi connectivity index (χ1v) is 6.94. The molecule has 20 heavy (non-hydrogen) atoms. The van der Waals surface area contributed by atoms with Gasteiger partial charge in [0, 0.05) is 6.54 Å². The standard InChI is InChI=1S/C16H20N2O2/c1-4-11-18-13-10-8-7-9-12(13)14(19)17-16(5-2,6-3)15(18)20/h4,7-10H,1,5-6,11H2,2-3H3,(H,17,19). The maximum absolute atomic E-state index is 12.9. The van der Waals surface area contributed by atoms with E-state index in [1.807, 2.05) is 19.9 Å². The average molecular weight is 272 g/mol. The monoisotopic (exact) mass is 272 g/mol. The number of hydrogen-bond acceptors (Lipinski definition) is 2. The molecule has 1 aromatic carbocycles. The third-order valence-electron chi connectivity index (χ3n) is 3.97. The quantitative estimate of drug-likeness (QED) is 0.856. The molecule has 1 aliphatic rings. The summed E-state index contributed by atoms with van der Waals surface area (Å²) in [6.45, 7) is 7.95. The smallest absolute Gasteiger partial charge is 0.254 e. The molecule has 0 fully saturated rings. The first-order valence-electron chi connectivity index (χ1n) is 6.94. The van der Waals surface area contributed by atoms with Gasteiger partial charge < -0.3 is 10.2 Å². The highest BCUT2D eigenvalue weighted by atomic mass is 16.2. The van der Waals surface area contributed by atoms with E-state index in [1.165, 1.54) is 0 Å². The van der Waals surface area contributed by atoms with Gasteiger partial charge in [-0.15, -0.1) is 6.58 Å². The van der Waals surface area contributed by atoms with Gasteiger partial charge in [-0.1, -0.05) is 32.1 Å². The minimum Gasteiger partial charge on any atom is -0.338 e. The van der Waals surface area contributed by atoms with Gasteiger partial charge in [-0.3, -0.25) is 9.59 Å². The van der Waals surface area contributed by atoms with Gasteiger partial charge in [-0.2, -0.15) is 0 Å². The van der Waals surface area contributed by atoms with Crippen LogP contribution in [0.4, 0.5) is 5.69 Å². The lowest BCUT2D eigenvalue weighted by molar-refractivity contribution is -0.124. The van der Waals surface area contributed by atoms with E-state index in [1.54, 1.807) is 29.2 Å². The predicted molar refractivity (Wildman–Crippen MR) is 79.8 cm³/mol. The van der Waals surface area contributed by atoms with Crippen LogP contribution in [0.25, 0.3) is 0 Å². The molecular weight excluding hydrogens is 252 g/mol. The maximum atomic E-state index is 12.9. The second kappa shape index (κ2) is 5.49. The zero-order chi connectivity index (χ0) is 14.8. The summed E-state index contributed by atoms with van der Waals surface area (Å²) in [6.07, 6.45) is 2.81. The molecule has 0 saturated carbocycles. The van der Waals surface area contributed by atoms with Crippen LogP contribution in [0.5, 0.6) is 0 Å². The molecule has 0 spiro atoms. The van der Waals surface area contributed by atoms with Gasteiger partial charge in [0.15, 0.2) is 0 Å². The van der Waals surface area contributed by atoms with Crippen LogP contribution in [-0.2, 0) is 4.79 Å². The third kappa shape index (κ3) is 2.11. The van der Waals surface area contributed by atoms with E-state index in [9.17, 15) is 9.59 Å². The van der Waals surface area contributed by atoms with E-state index in [0.717, 1.165) is 0 Å². The van der Waals surface area contributed by atoms with Gasteiger partial charge in [-0.25, -0.2) is 0 Å². The van der Waals surface area contributed by atoms with Crippen molar-refractivity contribution < 1.29 is 9.59 Å². The highest BCUT2D eigenvalue weighted by molar-refractivity contribution is 6.12. The van der Waals surface area contributed by atoms with Gasteiger partial charge >= 0.3 is 0 Å². The normalized spacial score (nSPS) is 17.2. The highest BCUT2D eigenvalue weighted by Crippen LogP contribution is 2.30. The van der Waals surface area contributed by atoms with Crippen molar-refractivity contribution in [2.75, 3.05) is 11.4 Å². The summed E-state index contributed by atoms with van der Waals surface area (Å²) in [5.74, 6) is -0.259. The summed E-state index contributed by atoms with van der Waals surface area (Å²) in [5.41, 5.74) is 0.351. The minimum atomic E-state index is -0.834. The lowest BCUT2D eigenvalue weighted by Gasteiger charge is -2.33. The number of anilines is 1. The molecule has 106 valence electrons. The van der Waals surface area contributed by atoms with E-state index in [-0.39, 0.29) is 11.8 Å². The number of carbonyl (C=O) groups is 2. The van der Waals surface area contributed by atoms with Crippen LogP contribution in [0.15, 0.2) is 36.9 Å². The van der Waals surface area contributed by atoms with E-state index in [2.05, 4.69) is 11.9 Å². The van der Waals surface area contributed by atoms with E-state index < -0.39 is 5.54 Å². The Bertz CT molecular complexity index is 547. The van der Waals surface area contributed by atoms with E-state index in [0.29, 0.717) is 30.6 Å². The van der Waals surface area contributed by atoms with Crippen molar-refractivity contribution in [3.05, 3.63) is 42.5 Å².